The molecule has 9 nitrogen and oxygen atoms in total. The van der Waals surface area contributed by atoms with Gasteiger partial charge in [-0.15, -0.1) is 0 Å². The van der Waals surface area contributed by atoms with Crippen molar-refractivity contribution in [2.24, 2.45) is 0 Å². The fourth-order valence-corrected chi connectivity index (χ4v) is 6.04. The van der Waals surface area contributed by atoms with E-state index in [0.717, 1.165) is 51.4 Å². The zero-order valence-electron chi connectivity index (χ0n) is 26.6. The Morgan fingerprint density at radius 3 is 2.40 bits per heavy atom. The van der Waals surface area contributed by atoms with E-state index in [2.05, 4.69) is 30.9 Å². The molecule has 0 saturated heterocycles. The van der Waals surface area contributed by atoms with Crippen molar-refractivity contribution in [3.8, 4) is 39.4 Å². The second-order valence-electron chi connectivity index (χ2n) is 11.9. The summed E-state index contributed by atoms with van der Waals surface area (Å²) in [6.07, 6.45) is 2.15. The molecule has 0 bridgehead atoms. The van der Waals surface area contributed by atoms with Crippen molar-refractivity contribution in [1.82, 2.24) is 19.7 Å². The monoisotopic (exact) mass is 631 g/mol. The maximum Gasteiger partial charge on any atom is 0.439 e. The van der Waals surface area contributed by atoms with Crippen LogP contribution in [0.2, 0.25) is 0 Å². The van der Waals surface area contributed by atoms with E-state index in [4.69, 9.17) is 19.0 Å². The molecule has 45 heavy (non-hydrogen) atoms. The van der Waals surface area contributed by atoms with E-state index in [1.54, 1.807) is 11.7 Å². The molecule has 1 unspecified atom stereocenters. The number of H-pyrrole nitrogens is 1. The van der Waals surface area contributed by atoms with Crippen LogP contribution in [-0.2, 0) is 17.7 Å². The summed E-state index contributed by atoms with van der Waals surface area (Å²) in [6.45, 7) is 8.49. The number of hydrogen-bond acceptors (Lipinski definition) is 7. The number of nitrogens with one attached hydrogen (secondary N) is 1. The fourth-order valence-electron chi connectivity index (χ4n) is 6.04. The van der Waals surface area contributed by atoms with Crippen molar-refractivity contribution in [3.05, 3.63) is 110 Å². The number of ether oxygens (including phenoxy) is 2. The predicted molar refractivity (Wildman–Crippen MR) is 175 cm³/mol. The topological polar surface area (TPSA) is 112 Å². The molecule has 0 amide bonds. The second kappa shape index (κ2) is 13.7. The van der Waals surface area contributed by atoms with Crippen LogP contribution in [-0.4, -0.2) is 83.8 Å². The summed E-state index contributed by atoms with van der Waals surface area (Å²) in [4.78, 5) is 33.3. The van der Waals surface area contributed by atoms with E-state index >= 15 is 0 Å². The minimum absolute atomic E-state index is 0. The molecular weight excluding hydrogens is 596 g/mol. The van der Waals surface area contributed by atoms with Gasteiger partial charge in [-0.25, -0.2) is 9.78 Å². The van der Waals surface area contributed by atoms with Crippen molar-refractivity contribution in [3.63, 3.8) is 0 Å². The van der Waals surface area contributed by atoms with Gasteiger partial charge in [0.25, 0.3) is 5.56 Å². The largest absolute Gasteiger partial charge is 0.487 e. The summed E-state index contributed by atoms with van der Waals surface area (Å²) in [6, 6.07) is 21.6. The van der Waals surface area contributed by atoms with Crippen molar-refractivity contribution in [2.45, 2.75) is 65.2 Å². The SMILES string of the molecule is CCCc1nc(C)c(-c2ccc3c(c2)C(OC)CC(C)(C)O3)c(=O)n1Cc1ccc(-c2ccccc2-c2noc(=O)[nH]2)cc1.[K]. The molecule has 0 spiro atoms. The predicted octanol–water partition coefficient (Wildman–Crippen LogP) is 6.10. The molecule has 1 aliphatic rings. The zero-order valence-corrected chi connectivity index (χ0v) is 29.8. The van der Waals surface area contributed by atoms with E-state index < -0.39 is 5.76 Å². The third-order valence-corrected chi connectivity index (χ3v) is 8.12. The molecule has 1 aliphatic heterocycles. The number of rotatable bonds is 8. The number of aromatic amines is 1. The van der Waals surface area contributed by atoms with Crippen LogP contribution in [0.4, 0.5) is 0 Å². The first kappa shape index (κ1) is 33.2. The van der Waals surface area contributed by atoms with E-state index in [9.17, 15) is 9.59 Å². The molecule has 6 rings (SSSR count). The van der Waals surface area contributed by atoms with Gasteiger partial charge in [-0.2, -0.15) is 0 Å². The standard InChI is InChI=1S/C35H36N4O5.K/c1-6-9-30-36-21(2)31(24-16-17-28-27(18-24)29(42-5)19-35(3,4)43-28)33(40)39(30)20-22-12-14-23(15-13-22)25-10-7-8-11-26(25)32-37-34(41)44-38-32;/h7-8,10-18,29H,6,9,19-20H2,1-5H3,(H,37,38,41);. The molecule has 1 N–H and O–H groups in total. The quantitative estimate of drug-likeness (QED) is 0.206. The Bertz CT molecular complexity index is 1940. The summed E-state index contributed by atoms with van der Waals surface area (Å²) < 4.78 is 18.6. The Hall–Kier alpha value is -3.12. The Morgan fingerprint density at radius 2 is 1.73 bits per heavy atom. The number of aromatic nitrogens is 4. The van der Waals surface area contributed by atoms with Gasteiger partial charge in [0, 0.05) is 82.5 Å². The molecule has 0 saturated carbocycles. The van der Waals surface area contributed by atoms with Crippen LogP contribution in [0.15, 0.2) is 80.8 Å². The van der Waals surface area contributed by atoms with Crippen LogP contribution in [0, 0.1) is 6.92 Å². The van der Waals surface area contributed by atoms with Gasteiger partial charge in [0.15, 0.2) is 5.82 Å². The first-order valence-electron chi connectivity index (χ1n) is 14.9. The summed E-state index contributed by atoms with van der Waals surface area (Å²) in [5.74, 6) is 1.32. The number of nitrogens with zero attached hydrogens (tertiary/aromatic N) is 3. The first-order valence-corrected chi connectivity index (χ1v) is 14.9. The molecule has 3 aromatic carbocycles. The third kappa shape index (κ3) is 6.86. The van der Waals surface area contributed by atoms with E-state index in [1.165, 1.54) is 0 Å². The van der Waals surface area contributed by atoms with Gasteiger partial charge >= 0.3 is 5.76 Å². The summed E-state index contributed by atoms with van der Waals surface area (Å²) in [5, 5.41) is 3.86. The Kier molecular flexibility index (Phi) is 10.1. The summed E-state index contributed by atoms with van der Waals surface area (Å²) in [5.41, 5.74) is 6.21. The Morgan fingerprint density at radius 1 is 1.02 bits per heavy atom. The van der Waals surface area contributed by atoms with Crippen molar-refractivity contribution < 1.29 is 14.0 Å². The van der Waals surface area contributed by atoms with Crippen molar-refractivity contribution in [1.29, 1.82) is 0 Å². The average molecular weight is 632 g/mol. The van der Waals surface area contributed by atoms with E-state index in [0.29, 0.717) is 36.5 Å². The Labute approximate surface area is 304 Å². The molecule has 0 aliphatic carbocycles. The van der Waals surface area contributed by atoms with Gasteiger partial charge in [0.05, 0.1) is 23.9 Å². The van der Waals surface area contributed by atoms with Crippen LogP contribution in [0.1, 0.15) is 62.4 Å². The molecule has 227 valence electrons. The first-order chi connectivity index (χ1) is 21.2. The van der Waals surface area contributed by atoms with Crippen LogP contribution < -0.4 is 16.1 Å². The van der Waals surface area contributed by atoms with Gasteiger partial charge in [-0.1, -0.05) is 66.7 Å². The van der Waals surface area contributed by atoms with Crippen LogP contribution in [0.5, 0.6) is 5.75 Å². The van der Waals surface area contributed by atoms with Crippen molar-refractivity contribution in [2.75, 3.05) is 7.11 Å². The number of hydrogen-bond donors (Lipinski definition) is 1. The van der Waals surface area contributed by atoms with Gasteiger partial charge in [0.1, 0.15) is 17.2 Å². The molecule has 1 atom stereocenters. The van der Waals surface area contributed by atoms with E-state index in [-0.39, 0.29) is 68.6 Å². The van der Waals surface area contributed by atoms with Gasteiger partial charge in [-0.05, 0) is 61.6 Å². The number of aryl methyl sites for hydroxylation is 2. The normalized spacial score (nSPS) is 15.2. The minimum atomic E-state index is -0.601. The van der Waals surface area contributed by atoms with Gasteiger partial charge < -0.3 is 9.47 Å². The summed E-state index contributed by atoms with van der Waals surface area (Å²) >= 11 is 0. The third-order valence-electron chi connectivity index (χ3n) is 8.12. The number of fused-ring (bicyclic) bond motifs is 1. The Balaban J connectivity index is 0.00000400. The molecule has 3 heterocycles. The second-order valence-corrected chi connectivity index (χ2v) is 11.9. The molecule has 10 heteroatoms. The number of benzene rings is 3. The summed E-state index contributed by atoms with van der Waals surface area (Å²) in [7, 11) is 1.71. The molecule has 1 radical (unpaired) electrons. The molecular formula is C35H36KN4O5. The fraction of sp³-hybridized carbons (Fsp3) is 0.314. The van der Waals surface area contributed by atoms with Crippen LogP contribution in [0.25, 0.3) is 33.6 Å². The maximum absolute atomic E-state index is 14.2. The molecule has 2 aromatic heterocycles. The van der Waals surface area contributed by atoms with Crippen molar-refractivity contribution >= 4 is 51.4 Å². The maximum atomic E-state index is 14.2. The van der Waals surface area contributed by atoms with E-state index in [1.807, 2.05) is 73.7 Å². The minimum Gasteiger partial charge on any atom is -0.487 e. The van der Waals surface area contributed by atoms with Gasteiger partial charge in [0.2, 0.25) is 0 Å². The molecule has 5 aromatic rings. The molecule has 0 fully saturated rings. The number of methoxy groups -OCH3 is 1. The zero-order chi connectivity index (χ0) is 31.0. The van der Waals surface area contributed by atoms with Gasteiger partial charge in [-0.3, -0.25) is 18.9 Å². The van der Waals surface area contributed by atoms with Crippen LogP contribution in [0.3, 0.4) is 0 Å². The average Bonchev–Trinajstić information content (AvgIpc) is 3.45. The smallest absolute Gasteiger partial charge is 0.439 e. The van der Waals surface area contributed by atoms with Crippen LogP contribution >= 0.6 is 0 Å².